The van der Waals surface area contributed by atoms with Crippen molar-refractivity contribution in [1.29, 1.82) is 0 Å². The van der Waals surface area contributed by atoms with E-state index in [2.05, 4.69) is 15.0 Å². The second kappa shape index (κ2) is 6.08. The Morgan fingerprint density at radius 2 is 2.13 bits per heavy atom. The maximum atomic E-state index is 13.5. The van der Waals surface area contributed by atoms with Gasteiger partial charge in [0.05, 0.1) is 0 Å². The molecule has 0 radical (unpaired) electrons. The van der Waals surface area contributed by atoms with E-state index in [9.17, 15) is 9.18 Å². The lowest BCUT2D eigenvalue weighted by Gasteiger charge is -2.37. The van der Waals surface area contributed by atoms with Crippen molar-refractivity contribution >= 4 is 5.91 Å². The fraction of sp³-hybridized carbons (Fsp3) is 0.438. The van der Waals surface area contributed by atoms with Crippen LogP contribution in [0.1, 0.15) is 33.7 Å². The van der Waals surface area contributed by atoms with E-state index < -0.39 is 5.82 Å². The van der Waals surface area contributed by atoms with Gasteiger partial charge in [-0.2, -0.15) is 4.98 Å². The Morgan fingerprint density at radius 1 is 1.35 bits per heavy atom. The van der Waals surface area contributed by atoms with Gasteiger partial charge in [0.1, 0.15) is 11.9 Å². The van der Waals surface area contributed by atoms with Gasteiger partial charge in [-0.05, 0) is 38.6 Å². The summed E-state index contributed by atoms with van der Waals surface area (Å²) in [6, 6.07) is 4.13. The van der Waals surface area contributed by atoms with E-state index in [4.69, 9.17) is 4.52 Å². The van der Waals surface area contributed by atoms with Crippen LogP contribution in [0.3, 0.4) is 0 Å². The van der Waals surface area contributed by atoms with Gasteiger partial charge in [0.25, 0.3) is 5.91 Å². The number of likely N-dealkylation sites (N-methyl/N-ethyl adjacent to an activating group) is 1. The minimum atomic E-state index is -0.405. The normalized spacial score (nSPS) is 19.1. The minimum absolute atomic E-state index is 0.150. The van der Waals surface area contributed by atoms with E-state index in [0.29, 0.717) is 36.9 Å². The van der Waals surface area contributed by atoms with E-state index in [1.54, 1.807) is 17.9 Å². The van der Waals surface area contributed by atoms with Crippen LogP contribution in [-0.2, 0) is 0 Å². The molecule has 7 heteroatoms. The Morgan fingerprint density at radius 3 is 2.83 bits per heavy atom. The maximum Gasteiger partial charge on any atom is 0.254 e. The van der Waals surface area contributed by atoms with Crippen LogP contribution in [0.25, 0.3) is 0 Å². The lowest BCUT2D eigenvalue weighted by molar-refractivity contribution is 0.0488. The standard InChI is InChI=1S/C16H19FN4O2/c1-10-4-5-12(17)8-13(10)16(22)21-7-6-20(3)14(9-21)15-18-11(2)19-23-15/h4-5,8,14H,6-7,9H2,1-3H3/t14-/m0/s1. The van der Waals surface area contributed by atoms with Crippen molar-refractivity contribution in [2.45, 2.75) is 19.9 Å². The van der Waals surface area contributed by atoms with E-state index >= 15 is 0 Å². The van der Waals surface area contributed by atoms with Crippen LogP contribution in [0.15, 0.2) is 22.7 Å². The molecule has 0 saturated carbocycles. The molecule has 122 valence electrons. The first-order valence-electron chi connectivity index (χ1n) is 7.51. The molecule has 1 saturated heterocycles. The Balaban J connectivity index is 1.83. The van der Waals surface area contributed by atoms with Gasteiger partial charge in [-0.3, -0.25) is 9.69 Å². The number of nitrogens with zero attached hydrogens (tertiary/aromatic N) is 4. The molecule has 1 aromatic carbocycles. The number of carbonyl (C=O) groups is 1. The number of amides is 1. The molecule has 0 N–H and O–H groups in total. The average molecular weight is 318 g/mol. The van der Waals surface area contributed by atoms with Gasteiger partial charge in [-0.15, -0.1) is 0 Å². The first-order valence-corrected chi connectivity index (χ1v) is 7.51. The molecule has 3 rings (SSSR count). The number of piperazine rings is 1. The molecule has 23 heavy (non-hydrogen) atoms. The van der Waals surface area contributed by atoms with Crippen LogP contribution in [0, 0.1) is 19.7 Å². The van der Waals surface area contributed by atoms with Crippen molar-refractivity contribution in [3.8, 4) is 0 Å². The van der Waals surface area contributed by atoms with E-state index in [0.717, 1.165) is 5.56 Å². The minimum Gasteiger partial charge on any atom is -0.338 e. The largest absolute Gasteiger partial charge is 0.338 e. The van der Waals surface area contributed by atoms with Crippen LogP contribution >= 0.6 is 0 Å². The predicted octanol–water partition coefficient (Wildman–Crippen LogP) is 1.95. The number of halogens is 1. The van der Waals surface area contributed by atoms with E-state index in [1.165, 1.54) is 12.1 Å². The molecule has 1 fully saturated rings. The topological polar surface area (TPSA) is 62.5 Å². The molecule has 2 aromatic rings. The molecule has 1 amide bonds. The van der Waals surface area contributed by atoms with Crippen molar-refractivity contribution in [3.05, 3.63) is 46.9 Å². The lowest BCUT2D eigenvalue weighted by atomic mass is 10.1. The van der Waals surface area contributed by atoms with Crippen LogP contribution < -0.4 is 0 Å². The zero-order valence-corrected chi connectivity index (χ0v) is 13.4. The maximum absolute atomic E-state index is 13.5. The van der Waals surface area contributed by atoms with E-state index in [1.807, 2.05) is 14.0 Å². The van der Waals surface area contributed by atoms with Crippen molar-refractivity contribution in [1.82, 2.24) is 19.9 Å². The fourth-order valence-corrected chi connectivity index (χ4v) is 2.77. The summed E-state index contributed by atoms with van der Waals surface area (Å²) in [7, 11) is 1.96. The number of benzene rings is 1. The molecule has 1 aliphatic heterocycles. The first kappa shape index (κ1) is 15.6. The van der Waals surface area contributed by atoms with Gasteiger partial charge < -0.3 is 9.42 Å². The van der Waals surface area contributed by atoms with Gasteiger partial charge in [-0.1, -0.05) is 11.2 Å². The summed E-state index contributed by atoms with van der Waals surface area (Å²) in [6.07, 6.45) is 0. The van der Waals surface area contributed by atoms with Crippen LogP contribution in [0.5, 0.6) is 0 Å². The molecule has 2 heterocycles. The summed E-state index contributed by atoms with van der Waals surface area (Å²) in [5, 5.41) is 3.81. The highest BCUT2D eigenvalue weighted by Crippen LogP contribution is 2.24. The summed E-state index contributed by atoms with van der Waals surface area (Å²) < 4.78 is 18.7. The van der Waals surface area contributed by atoms with Crippen LogP contribution in [0.2, 0.25) is 0 Å². The van der Waals surface area contributed by atoms with Crippen molar-refractivity contribution < 1.29 is 13.7 Å². The zero-order chi connectivity index (χ0) is 16.6. The molecular formula is C16H19FN4O2. The van der Waals surface area contributed by atoms with Gasteiger partial charge >= 0.3 is 0 Å². The Bertz CT molecular complexity index is 731. The van der Waals surface area contributed by atoms with Crippen molar-refractivity contribution in [3.63, 3.8) is 0 Å². The molecule has 0 spiro atoms. The third-order valence-electron chi connectivity index (χ3n) is 4.19. The quantitative estimate of drug-likeness (QED) is 0.847. The molecule has 6 nitrogen and oxygen atoms in total. The monoisotopic (exact) mass is 318 g/mol. The second-order valence-corrected chi connectivity index (χ2v) is 5.89. The van der Waals surface area contributed by atoms with E-state index in [-0.39, 0.29) is 11.9 Å². The number of hydrogen-bond donors (Lipinski definition) is 0. The molecule has 1 aliphatic rings. The Labute approximate surface area is 133 Å². The van der Waals surface area contributed by atoms with Gasteiger partial charge in [-0.25, -0.2) is 4.39 Å². The summed E-state index contributed by atoms with van der Waals surface area (Å²) >= 11 is 0. The highest BCUT2D eigenvalue weighted by Gasteiger charge is 2.32. The summed E-state index contributed by atoms with van der Waals surface area (Å²) in [5.74, 6) is 0.491. The molecule has 0 aliphatic carbocycles. The van der Waals surface area contributed by atoms with Crippen molar-refractivity contribution in [2.24, 2.45) is 0 Å². The SMILES string of the molecule is Cc1noc([C@@H]2CN(C(=O)c3cc(F)ccc3C)CCN2C)n1. The van der Waals surface area contributed by atoms with Crippen LogP contribution in [-0.4, -0.2) is 52.5 Å². The molecular weight excluding hydrogens is 299 g/mol. The van der Waals surface area contributed by atoms with Gasteiger partial charge in [0.2, 0.25) is 5.89 Å². The number of aryl methyl sites for hydroxylation is 2. The zero-order valence-electron chi connectivity index (χ0n) is 13.4. The summed E-state index contributed by atoms with van der Waals surface area (Å²) in [5.41, 5.74) is 1.16. The third kappa shape index (κ3) is 3.10. The Hall–Kier alpha value is -2.28. The summed E-state index contributed by atoms with van der Waals surface area (Å²) in [4.78, 5) is 20.8. The fourth-order valence-electron chi connectivity index (χ4n) is 2.77. The lowest BCUT2D eigenvalue weighted by Crippen LogP contribution is -2.49. The van der Waals surface area contributed by atoms with Crippen LogP contribution in [0.4, 0.5) is 4.39 Å². The van der Waals surface area contributed by atoms with Crippen molar-refractivity contribution in [2.75, 3.05) is 26.7 Å². The highest BCUT2D eigenvalue weighted by atomic mass is 19.1. The number of rotatable bonds is 2. The average Bonchev–Trinajstić information content (AvgIpc) is 2.96. The number of hydrogen-bond acceptors (Lipinski definition) is 5. The highest BCUT2D eigenvalue weighted by molar-refractivity contribution is 5.95. The van der Waals surface area contributed by atoms with Gasteiger partial charge in [0.15, 0.2) is 5.82 Å². The summed E-state index contributed by atoms with van der Waals surface area (Å²) in [6.45, 7) is 5.27. The second-order valence-electron chi connectivity index (χ2n) is 5.89. The number of aromatic nitrogens is 2. The third-order valence-corrected chi connectivity index (χ3v) is 4.19. The molecule has 1 aromatic heterocycles. The smallest absolute Gasteiger partial charge is 0.254 e. The molecule has 0 unspecified atom stereocenters. The predicted molar refractivity (Wildman–Crippen MR) is 81.4 cm³/mol. The molecule has 0 bridgehead atoms. The molecule has 1 atom stereocenters. The van der Waals surface area contributed by atoms with Gasteiger partial charge in [0, 0.05) is 25.2 Å². The number of carbonyl (C=O) groups excluding carboxylic acids is 1. The first-order chi connectivity index (χ1) is 11.0. The Kier molecular flexibility index (Phi) is 4.12.